The summed E-state index contributed by atoms with van der Waals surface area (Å²) in [6, 6.07) is 2.03. The summed E-state index contributed by atoms with van der Waals surface area (Å²) in [5.74, 6) is 1.22. The van der Waals surface area contributed by atoms with E-state index in [1.807, 2.05) is 24.8 Å². The van der Waals surface area contributed by atoms with Crippen molar-refractivity contribution in [3.63, 3.8) is 0 Å². The maximum absolute atomic E-state index is 5.96. The molecule has 0 amide bonds. The predicted octanol–water partition coefficient (Wildman–Crippen LogP) is 3.60. The first kappa shape index (κ1) is 12.7. The van der Waals surface area contributed by atoms with Crippen molar-refractivity contribution in [2.24, 2.45) is 0 Å². The number of unbranched alkanes of at least 4 members (excludes halogenated alkanes) is 1. The van der Waals surface area contributed by atoms with Crippen LogP contribution in [0.3, 0.4) is 0 Å². The van der Waals surface area contributed by atoms with Crippen LogP contribution < -0.4 is 5.32 Å². The fourth-order valence-electron chi connectivity index (χ4n) is 1.27. The van der Waals surface area contributed by atoms with Gasteiger partial charge in [-0.15, -0.1) is 0 Å². The summed E-state index contributed by atoms with van der Waals surface area (Å²) in [6.07, 6.45) is 6.33. The lowest BCUT2D eigenvalue weighted by Crippen LogP contribution is -2.03. The third kappa shape index (κ3) is 4.76. The zero-order valence-electron chi connectivity index (χ0n) is 9.22. The van der Waals surface area contributed by atoms with E-state index in [2.05, 4.69) is 16.6 Å². The van der Waals surface area contributed by atoms with E-state index >= 15 is 0 Å². The molecule has 0 radical (unpaired) electrons. The number of hydrogen-bond acceptors (Lipinski definition) is 3. The Labute approximate surface area is 101 Å². The number of aromatic nitrogens is 1. The summed E-state index contributed by atoms with van der Waals surface area (Å²) in [5.41, 5.74) is 2.08. The van der Waals surface area contributed by atoms with E-state index in [0.717, 1.165) is 17.8 Å². The van der Waals surface area contributed by atoms with Gasteiger partial charge in [0, 0.05) is 12.7 Å². The Morgan fingerprint density at radius 2 is 2.27 bits per heavy atom. The molecule has 0 saturated heterocycles. The van der Waals surface area contributed by atoms with Crippen LogP contribution in [0, 0.1) is 6.92 Å². The smallest absolute Gasteiger partial charge is 0.152 e. The summed E-state index contributed by atoms with van der Waals surface area (Å²) in [6.45, 7) is 2.98. The van der Waals surface area contributed by atoms with Gasteiger partial charge >= 0.3 is 0 Å². The highest BCUT2D eigenvalue weighted by molar-refractivity contribution is 7.98. The molecular weight excluding hydrogens is 228 g/mol. The molecule has 0 unspecified atom stereocenters. The summed E-state index contributed by atoms with van der Waals surface area (Å²) >= 11 is 7.85. The molecule has 0 saturated carbocycles. The van der Waals surface area contributed by atoms with Crippen LogP contribution >= 0.6 is 23.4 Å². The second kappa shape index (κ2) is 6.96. The second-order valence-electron chi connectivity index (χ2n) is 3.48. The van der Waals surface area contributed by atoms with Gasteiger partial charge in [0.2, 0.25) is 0 Å². The summed E-state index contributed by atoms with van der Waals surface area (Å²) in [7, 11) is 0. The van der Waals surface area contributed by atoms with Gasteiger partial charge in [0.1, 0.15) is 0 Å². The highest BCUT2D eigenvalue weighted by Crippen LogP contribution is 2.19. The van der Waals surface area contributed by atoms with Gasteiger partial charge in [-0.3, -0.25) is 0 Å². The van der Waals surface area contributed by atoms with Gasteiger partial charge in [-0.05, 0) is 43.4 Å². The molecule has 0 atom stereocenters. The fourth-order valence-corrected chi connectivity index (χ4v) is 1.93. The Kier molecular flexibility index (Phi) is 5.88. The second-order valence-corrected chi connectivity index (χ2v) is 4.82. The number of aryl methyl sites for hydroxylation is 1. The van der Waals surface area contributed by atoms with Gasteiger partial charge in [0.05, 0.1) is 5.69 Å². The number of anilines is 1. The zero-order chi connectivity index (χ0) is 11.1. The van der Waals surface area contributed by atoms with Crippen molar-refractivity contribution in [3.05, 3.63) is 23.0 Å². The number of hydrogen-bond donors (Lipinski definition) is 1. The molecule has 0 aliphatic heterocycles. The Balaban J connectivity index is 2.33. The minimum Gasteiger partial charge on any atom is -0.383 e. The molecule has 1 aromatic rings. The maximum atomic E-state index is 5.96. The van der Waals surface area contributed by atoms with Crippen LogP contribution in [0.1, 0.15) is 18.4 Å². The largest absolute Gasteiger partial charge is 0.383 e. The van der Waals surface area contributed by atoms with Crippen molar-refractivity contribution in [3.8, 4) is 0 Å². The first-order valence-electron chi connectivity index (χ1n) is 5.09. The van der Waals surface area contributed by atoms with E-state index in [0.29, 0.717) is 5.15 Å². The Morgan fingerprint density at radius 1 is 1.47 bits per heavy atom. The van der Waals surface area contributed by atoms with Crippen LogP contribution in [0.5, 0.6) is 0 Å². The molecule has 1 heterocycles. The van der Waals surface area contributed by atoms with E-state index < -0.39 is 0 Å². The van der Waals surface area contributed by atoms with Crippen LogP contribution in [0.2, 0.25) is 5.15 Å². The van der Waals surface area contributed by atoms with Crippen molar-refractivity contribution in [2.45, 2.75) is 19.8 Å². The summed E-state index contributed by atoms with van der Waals surface area (Å²) in [4.78, 5) is 4.09. The van der Waals surface area contributed by atoms with Gasteiger partial charge in [0.25, 0.3) is 0 Å². The van der Waals surface area contributed by atoms with Crippen LogP contribution in [0.4, 0.5) is 5.69 Å². The average Bonchev–Trinajstić information content (AvgIpc) is 2.23. The quantitative estimate of drug-likeness (QED) is 0.612. The number of thioether (sulfide) groups is 1. The van der Waals surface area contributed by atoms with E-state index in [-0.39, 0.29) is 0 Å². The fraction of sp³-hybridized carbons (Fsp3) is 0.545. The minimum atomic E-state index is 0.561. The highest BCUT2D eigenvalue weighted by Gasteiger charge is 2.00. The molecular formula is C11H17ClN2S. The minimum absolute atomic E-state index is 0.561. The van der Waals surface area contributed by atoms with E-state index in [9.17, 15) is 0 Å². The van der Waals surface area contributed by atoms with E-state index in [1.165, 1.54) is 18.6 Å². The van der Waals surface area contributed by atoms with Gasteiger partial charge in [-0.1, -0.05) is 11.6 Å². The van der Waals surface area contributed by atoms with Crippen LogP contribution in [0.25, 0.3) is 0 Å². The standard InChI is InChI=1S/C11H17ClN2S/c1-9-7-10(11(12)14-8-9)13-5-3-4-6-15-2/h7-8,13H,3-6H2,1-2H3. The van der Waals surface area contributed by atoms with E-state index in [1.54, 1.807) is 6.20 Å². The lowest BCUT2D eigenvalue weighted by molar-refractivity contribution is 0.842. The first-order chi connectivity index (χ1) is 7.24. The number of nitrogens with one attached hydrogen (secondary N) is 1. The van der Waals surface area contributed by atoms with Crippen molar-refractivity contribution in [1.29, 1.82) is 0 Å². The maximum Gasteiger partial charge on any atom is 0.152 e. The van der Waals surface area contributed by atoms with Crippen LogP contribution in [0.15, 0.2) is 12.3 Å². The van der Waals surface area contributed by atoms with Gasteiger partial charge in [0.15, 0.2) is 5.15 Å². The van der Waals surface area contributed by atoms with E-state index in [4.69, 9.17) is 11.6 Å². The molecule has 0 aliphatic carbocycles. The number of pyridine rings is 1. The molecule has 1 rings (SSSR count). The molecule has 4 heteroatoms. The summed E-state index contributed by atoms with van der Waals surface area (Å²) < 4.78 is 0. The number of halogens is 1. The molecule has 0 aromatic carbocycles. The normalized spacial score (nSPS) is 10.3. The van der Waals surface area contributed by atoms with Crippen LogP contribution in [-0.2, 0) is 0 Å². The van der Waals surface area contributed by atoms with Crippen molar-refractivity contribution >= 4 is 29.1 Å². The number of rotatable bonds is 6. The average molecular weight is 245 g/mol. The molecule has 1 aromatic heterocycles. The Bertz CT molecular complexity index is 305. The highest BCUT2D eigenvalue weighted by atomic mass is 35.5. The molecule has 84 valence electrons. The first-order valence-corrected chi connectivity index (χ1v) is 6.86. The third-order valence-electron chi connectivity index (χ3n) is 2.07. The molecule has 2 nitrogen and oxygen atoms in total. The van der Waals surface area contributed by atoms with Gasteiger partial charge < -0.3 is 5.32 Å². The third-order valence-corrected chi connectivity index (χ3v) is 3.06. The van der Waals surface area contributed by atoms with Crippen molar-refractivity contribution in [2.75, 3.05) is 23.9 Å². The zero-order valence-corrected chi connectivity index (χ0v) is 10.8. The SMILES string of the molecule is CSCCCCNc1cc(C)cnc1Cl. The van der Waals surface area contributed by atoms with Crippen molar-refractivity contribution < 1.29 is 0 Å². The van der Waals surface area contributed by atoms with Crippen LogP contribution in [-0.4, -0.2) is 23.5 Å². The van der Waals surface area contributed by atoms with Crippen molar-refractivity contribution in [1.82, 2.24) is 4.98 Å². The Morgan fingerprint density at radius 3 is 3.00 bits per heavy atom. The molecule has 1 N–H and O–H groups in total. The topological polar surface area (TPSA) is 24.9 Å². The number of nitrogens with zero attached hydrogens (tertiary/aromatic N) is 1. The molecule has 15 heavy (non-hydrogen) atoms. The predicted molar refractivity (Wildman–Crippen MR) is 70.1 cm³/mol. The molecule has 0 aliphatic rings. The monoisotopic (exact) mass is 244 g/mol. The van der Waals surface area contributed by atoms with Gasteiger partial charge in [-0.25, -0.2) is 4.98 Å². The lowest BCUT2D eigenvalue weighted by Gasteiger charge is -2.07. The summed E-state index contributed by atoms with van der Waals surface area (Å²) in [5, 5.41) is 3.87. The Hall–Kier alpha value is -0.410. The lowest BCUT2D eigenvalue weighted by atomic mass is 10.3. The molecule has 0 spiro atoms. The van der Waals surface area contributed by atoms with Gasteiger partial charge in [-0.2, -0.15) is 11.8 Å². The molecule has 0 fully saturated rings. The molecule has 0 bridgehead atoms.